The number of nitriles is 1. The fourth-order valence-electron chi connectivity index (χ4n) is 4.06. The molecule has 0 atom stereocenters. The summed E-state index contributed by atoms with van der Waals surface area (Å²) in [5, 5.41) is 9.27. The van der Waals surface area contributed by atoms with Gasteiger partial charge in [-0.05, 0) is 38.8 Å². The first-order chi connectivity index (χ1) is 14.4. The van der Waals surface area contributed by atoms with Crippen LogP contribution in [-0.2, 0) is 9.59 Å². The van der Waals surface area contributed by atoms with Gasteiger partial charge < -0.3 is 14.7 Å². The second-order valence-corrected chi connectivity index (χ2v) is 8.45. The van der Waals surface area contributed by atoms with Crippen molar-refractivity contribution in [3.05, 3.63) is 23.9 Å². The molecule has 1 aromatic heterocycles. The van der Waals surface area contributed by atoms with Crippen molar-refractivity contribution in [3.8, 4) is 6.07 Å². The van der Waals surface area contributed by atoms with E-state index in [0.717, 1.165) is 44.8 Å². The van der Waals surface area contributed by atoms with E-state index in [1.807, 2.05) is 25.8 Å². The lowest BCUT2D eigenvalue weighted by atomic mass is 9.95. The van der Waals surface area contributed by atoms with E-state index in [0.29, 0.717) is 25.2 Å². The van der Waals surface area contributed by atoms with Crippen molar-refractivity contribution in [3.63, 3.8) is 0 Å². The lowest BCUT2D eigenvalue weighted by Gasteiger charge is -2.38. The van der Waals surface area contributed by atoms with Crippen LogP contribution in [0.5, 0.6) is 0 Å². The number of likely N-dealkylation sites (tertiary alicyclic amines) is 1. The monoisotopic (exact) mass is 412 g/mol. The van der Waals surface area contributed by atoms with Crippen LogP contribution >= 0.6 is 0 Å². The van der Waals surface area contributed by atoms with Crippen molar-refractivity contribution in [2.75, 3.05) is 57.8 Å². The first kappa shape index (κ1) is 22.0. The Labute approximate surface area is 179 Å². The van der Waals surface area contributed by atoms with Gasteiger partial charge in [-0.2, -0.15) is 5.26 Å². The molecule has 0 aromatic carbocycles. The molecule has 0 saturated carbocycles. The summed E-state index contributed by atoms with van der Waals surface area (Å²) < 4.78 is 0. The second-order valence-electron chi connectivity index (χ2n) is 8.45. The summed E-state index contributed by atoms with van der Waals surface area (Å²) in [5.41, 5.74) is 0.586. The van der Waals surface area contributed by atoms with E-state index in [2.05, 4.69) is 20.9 Å². The first-order valence-electron chi connectivity index (χ1n) is 10.8. The Morgan fingerprint density at radius 3 is 2.47 bits per heavy atom. The van der Waals surface area contributed by atoms with E-state index in [9.17, 15) is 14.9 Å². The van der Waals surface area contributed by atoms with Gasteiger partial charge in [-0.3, -0.25) is 14.5 Å². The van der Waals surface area contributed by atoms with Crippen LogP contribution in [0.2, 0.25) is 0 Å². The maximum absolute atomic E-state index is 12.8. The van der Waals surface area contributed by atoms with Crippen molar-refractivity contribution in [2.45, 2.75) is 32.7 Å². The predicted molar refractivity (Wildman–Crippen MR) is 115 cm³/mol. The molecule has 0 bridgehead atoms. The minimum atomic E-state index is 0.0256. The van der Waals surface area contributed by atoms with Crippen LogP contribution in [0.15, 0.2) is 18.3 Å². The fraction of sp³-hybridized carbons (Fsp3) is 0.636. The van der Waals surface area contributed by atoms with Crippen molar-refractivity contribution >= 4 is 17.6 Å². The number of nitrogens with zero attached hydrogens (tertiary/aromatic N) is 6. The average Bonchev–Trinajstić information content (AvgIpc) is 2.78. The van der Waals surface area contributed by atoms with Crippen LogP contribution in [-0.4, -0.2) is 90.4 Å². The molecular weight excluding hydrogens is 380 g/mol. The largest absolute Gasteiger partial charge is 0.353 e. The molecule has 2 amide bonds. The Hall–Kier alpha value is -2.66. The standard InChI is InChI=1S/C22H32N6O2/c1-17(2)25(3)22(30)18-6-9-27(10-7-18)20(29)16-26-11-13-28(14-12-26)21-19(15-23)5-4-8-24-21/h4-5,8,17-18H,6-7,9-14,16H2,1-3H3. The molecule has 0 spiro atoms. The van der Waals surface area contributed by atoms with E-state index in [1.54, 1.807) is 23.2 Å². The van der Waals surface area contributed by atoms with Crippen LogP contribution in [0.4, 0.5) is 5.82 Å². The quantitative estimate of drug-likeness (QED) is 0.722. The molecule has 1 aromatic rings. The Bertz CT molecular complexity index is 789. The smallest absolute Gasteiger partial charge is 0.236 e. The Morgan fingerprint density at radius 2 is 1.87 bits per heavy atom. The lowest BCUT2D eigenvalue weighted by molar-refractivity contribution is -0.141. The van der Waals surface area contributed by atoms with E-state index in [1.165, 1.54) is 0 Å². The molecule has 3 rings (SSSR count). The highest BCUT2D eigenvalue weighted by atomic mass is 16.2. The highest BCUT2D eigenvalue weighted by Crippen LogP contribution is 2.21. The summed E-state index contributed by atoms with van der Waals surface area (Å²) in [6.07, 6.45) is 3.19. The minimum Gasteiger partial charge on any atom is -0.353 e. The third kappa shape index (κ3) is 5.08. The predicted octanol–water partition coefficient (Wildman–Crippen LogP) is 1.18. The average molecular weight is 413 g/mol. The van der Waals surface area contributed by atoms with Gasteiger partial charge in [0.25, 0.3) is 0 Å². The third-order valence-electron chi connectivity index (χ3n) is 6.26. The van der Waals surface area contributed by atoms with Crippen LogP contribution < -0.4 is 4.90 Å². The third-order valence-corrected chi connectivity index (χ3v) is 6.26. The summed E-state index contributed by atoms with van der Waals surface area (Å²) in [6, 6.07) is 5.95. The van der Waals surface area contributed by atoms with Crippen molar-refractivity contribution in [1.29, 1.82) is 5.26 Å². The summed E-state index contributed by atoms with van der Waals surface area (Å²) in [6.45, 7) is 8.78. The topological polar surface area (TPSA) is 83.8 Å². The molecule has 0 N–H and O–H groups in total. The van der Waals surface area contributed by atoms with Gasteiger partial charge in [-0.25, -0.2) is 4.98 Å². The zero-order chi connectivity index (χ0) is 21.7. The van der Waals surface area contributed by atoms with Crippen LogP contribution in [0.3, 0.4) is 0 Å². The zero-order valence-corrected chi connectivity index (χ0v) is 18.3. The number of piperazine rings is 1. The molecule has 0 unspecified atom stereocenters. The number of hydrogen-bond acceptors (Lipinski definition) is 6. The van der Waals surface area contributed by atoms with Crippen molar-refractivity contribution in [2.24, 2.45) is 5.92 Å². The van der Waals surface area contributed by atoms with Gasteiger partial charge in [0.1, 0.15) is 11.9 Å². The van der Waals surface area contributed by atoms with Crippen molar-refractivity contribution < 1.29 is 9.59 Å². The van der Waals surface area contributed by atoms with E-state index in [-0.39, 0.29) is 23.8 Å². The van der Waals surface area contributed by atoms with Crippen LogP contribution in [0.1, 0.15) is 32.3 Å². The second kappa shape index (κ2) is 9.90. The number of amides is 2. The van der Waals surface area contributed by atoms with E-state index >= 15 is 0 Å². The highest BCUT2D eigenvalue weighted by molar-refractivity contribution is 5.81. The van der Waals surface area contributed by atoms with Gasteiger partial charge in [0.05, 0.1) is 12.1 Å². The molecule has 2 fully saturated rings. The zero-order valence-electron chi connectivity index (χ0n) is 18.3. The minimum absolute atomic E-state index is 0.0256. The number of anilines is 1. The van der Waals surface area contributed by atoms with E-state index in [4.69, 9.17) is 0 Å². The summed E-state index contributed by atoms with van der Waals surface area (Å²) in [4.78, 5) is 37.6. The molecule has 2 saturated heterocycles. The van der Waals surface area contributed by atoms with Gasteiger partial charge in [-0.1, -0.05) is 0 Å². The number of carbonyl (C=O) groups excluding carboxylic acids is 2. The van der Waals surface area contributed by atoms with E-state index < -0.39 is 0 Å². The Kier molecular flexibility index (Phi) is 7.27. The van der Waals surface area contributed by atoms with Gasteiger partial charge in [0, 0.05) is 64.5 Å². The molecule has 2 aliphatic rings. The summed E-state index contributed by atoms with van der Waals surface area (Å²) in [7, 11) is 1.86. The molecule has 8 nitrogen and oxygen atoms in total. The molecular formula is C22H32N6O2. The van der Waals surface area contributed by atoms with Crippen LogP contribution in [0, 0.1) is 17.2 Å². The molecule has 0 aliphatic carbocycles. The number of pyridine rings is 1. The Balaban J connectivity index is 1.45. The number of piperidine rings is 1. The SMILES string of the molecule is CC(C)N(C)C(=O)C1CCN(C(=O)CN2CCN(c3ncccc3C#N)CC2)CC1. The molecule has 8 heteroatoms. The maximum atomic E-state index is 12.8. The number of carbonyl (C=O) groups is 2. The van der Waals surface area contributed by atoms with Crippen molar-refractivity contribution in [1.82, 2.24) is 19.7 Å². The van der Waals surface area contributed by atoms with Gasteiger partial charge in [-0.15, -0.1) is 0 Å². The normalized spacial score (nSPS) is 18.4. The molecule has 0 radical (unpaired) electrons. The highest BCUT2D eigenvalue weighted by Gasteiger charge is 2.30. The number of aromatic nitrogens is 1. The molecule has 30 heavy (non-hydrogen) atoms. The maximum Gasteiger partial charge on any atom is 0.236 e. The van der Waals surface area contributed by atoms with Crippen LogP contribution in [0.25, 0.3) is 0 Å². The van der Waals surface area contributed by atoms with Gasteiger partial charge >= 0.3 is 0 Å². The molecule has 3 heterocycles. The number of rotatable bonds is 5. The van der Waals surface area contributed by atoms with Gasteiger partial charge in [0.2, 0.25) is 11.8 Å². The lowest BCUT2D eigenvalue weighted by Crippen LogP contribution is -2.52. The summed E-state index contributed by atoms with van der Waals surface area (Å²) in [5.74, 6) is 1.09. The Morgan fingerprint density at radius 1 is 1.20 bits per heavy atom. The molecule has 162 valence electrons. The van der Waals surface area contributed by atoms with Gasteiger partial charge in [0.15, 0.2) is 0 Å². The summed E-state index contributed by atoms with van der Waals surface area (Å²) >= 11 is 0. The number of hydrogen-bond donors (Lipinski definition) is 0. The first-order valence-corrected chi connectivity index (χ1v) is 10.8. The molecule has 2 aliphatic heterocycles. The fourth-order valence-corrected chi connectivity index (χ4v) is 4.06.